The van der Waals surface area contributed by atoms with Crippen molar-refractivity contribution in [3.8, 4) is 11.5 Å². The van der Waals surface area contributed by atoms with E-state index in [4.69, 9.17) is 9.47 Å². The maximum atomic E-state index is 9.79. The zero-order valence-corrected chi connectivity index (χ0v) is 13.4. The van der Waals surface area contributed by atoms with E-state index in [1.54, 1.807) is 14.2 Å². The summed E-state index contributed by atoms with van der Waals surface area (Å²) in [5.41, 5.74) is 2.19. The van der Waals surface area contributed by atoms with Crippen molar-refractivity contribution >= 4 is 5.69 Å². The number of rotatable bonds is 6. The second-order valence-electron chi connectivity index (χ2n) is 6.09. The van der Waals surface area contributed by atoms with Gasteiger partial charge in [0.05, 0.1) is 20.8 Å². The van der Waals surface area contributed by atoms with Gasteiger partial charge in [-0.05, 0) is 31.4 Å². The third-order valence-corrected chi connectivity index (χ3v) is 4.63. The molecule has 21 heavy (non-hydrogen) atoms. The molecular formula is C17H27NO3. The van der Waals surface area contributed by atoms with Crippen LogP contribution in [0.25, 0.3) is 0 Å². The molecule has 0 heterocycles. The van der Waals surface area contributed by atoms with E-state index in [1.807, 2.05) is 12.1 Å². The molecule has 0 radical (unpaired) electrons. The number of hydrogen-bond acceptors (Lipinski definition) is 4. The summed E-state index contributed by atoms with van der Waals surface area (Å²) in [5, 5.41) is 13.3. The van der Waals surface area contributed by atoms with Gasteiger partial charge in [-0.15, -0.1) is 0 Å². The van der Waals surface area contributed by atoms with Crippen molar-refractivity contribution in [1.82, 2.24) is 0 Å². The smallest absolute Gasteiger partial charge is 0.162 e. The molecule has 0 bridgehead atoms. The Labute approximate surface area is 127 Å². The van der Waals surface area contributed by atoms with Gasteiger partial charge in [0.25, 0.3) is 0 Å². The summed E-state index contributed by atoms with van der Waals surface area (Å²) >= 11 is 0. The zero-order valence-electron chi connectivity index (χ0n) is 13.4. The minimum absolute atomic E-state index is 0.0256. The summed E-state index contributed by atoms with van der Waals surface area (Å²) in [7, 11) is 3.29. The Hall–Kier alpha value is -1.42. The molecule has 1 aromatic rings. The minimum Gasteiger partial charge on any atom is -0.493 e. The number of anilines is 1. The number of aryl methyl sites for hydroxylation is 1. The van der Waals surface area contributed by atoms with E-state index in [-0.39, 0.29) is 12.0 Å². The molecule has 0 spiro atoms. The molecule has 1 saturated carbocycles. The van der Waals surface area contributed by atoms with Crippen LogP contribution in [0.5, 0.6) is 11.5 Å². The molecule has 0 aliphatic heterocycles. The van der Waals surface area contributed by atoms with Crippen LogP contribution in [0.4, 0.5) is 5.69 Å². The fraction of sp³-hybridized carbons (Fsp3) is 0.647. The highest BCUT2D eigenvalue weighted by Gasteiger charge is 2.31. The lowest BCUT2D eigenvalue weighted by molar-refractivity contribution is 0.0944. The van der Waals surface area contributed by atoms with Crippen LogP contribution in [-0.2, 0) is 0 Å². The second kappa shape index (κ2) is 7.03. The molecule has 2 N–H and O–H groups in total. The van der Waals surface area contributed by atoms with Crippen molar-refractivity contribution in [2.24, 2.45) is 5.41 Å². The van der Waals surface area contributed by atoms with Crippen molar-refractivity contribution in [1.29, 1.82) is 0 Å². The minimum atomic E-state index is 0.0256. The molecule has 1 fully saturated rings. The quantitative estimate of drug-likeness (QED) is 0.844. The van der Waals surface area contributed by atoms with E-state index in [0.29, 0.717) is 0 Å². The lowest BCUT2D eigenvalue weighted by Gasteiger charge is -2.36. The van der Waals surface area contributed by atoms with Gasteiger partial charge in [-0.2, -0.15) is 0 Å². The molecule has 1 aliphatic rings. The van der Waals surface area contributed by atoms with Crippen LogP contribution < -0.4 is 14.8 Å². The van der Waals surface area contributed by atoms with Gasteiger partial charge in [0.1, 0.15) is 0 Å². The first-order valence-electron chi connectivity index (χ1n) is 7.71. The van der Waals surface area contributed by atoms with E-state index >= 15 is 0 Å². The van der Waals surface area contributed by atoms with E-state index in [0.717, 1.165) is 42.1 Å². The van der Waals surface area contributed by atoms with Gasteiger partial charge in [-0.25, -0.2) is 0 Å². The molecule has 1 aromatic carbocycles. The highest BCUT2D eigenvalue weighted by Crippen LogP contribution is 2.37. The Morgan fingerprint density at radius 2 is 1.71 bits per heavy atom. The van der Waals surface area contributed by atoms with Gasteiger partial charge in [-0.3, -0.25) is 0 Å². The number of hydrogen-bond donors (Lipinski definition) is 2. The van der Waals surface area contributed by atoms with Crippen LogP contribution in [0.1, 0.15) is 37.7 Å². The Morgan fingerprint density at radius 1 is 1.10 bits per heavy atom. The molecule has 0 atom stereocenters. The molecule has 4 nitrogen and oxygen atoms in total. The van der Waals surface area contributed by atoms with Crippen molar-refractivity contribution in [3.05, 3.63) is 17.7 Å². The lowest BCUT2D eigenvalue weighted by atomic mass is 9.74. The summed E-state index contributed by atoms with van der Waals surface area (Å²) in [6.07, 6.45) is 5.92. The van der Waals surface area contributed by atoms with Gasteiger partial charge >= 0.3 is 0 Å². The van der Waals surface area contributed by atoms with Crippen molar-refractivity contribution in [2.75, 3.05) is 32.7 Å². The Morgan fingerprint density at radius 3 is 2.29 bits per heavy atom. The number of nitrogens with one attached hydrogen (secondary N) is 1. The first-order valence-corrected chi connectivity index (χ1v) is 7.71. The monoisotopic (exact) mass is 293 g/mol. The molecule has 0 unspecified atom stereocenters. The van der Waals surface area contributed by atoms with Gasteiger partial charge in [0, 0.05) is 23.7 Å². The molecule has 118 valence electrons. The van der Waals surface area contributed by atoms with Crippen LogP contribution in [0.2, 0.25) is 0 Å². The summed E-state index contributed by atoms with van der Waals surface area (Å²) < 4.78 is 10.7. The van der Waals surface area contributed by atoms with Gasteiger partial charge in [-0.1, -0.05) is 19.3 Å². The van der Waals surface area contributed by atoms with E-state index in [1.165, 1.54) is 19.3 Å². The lowest BCUT2D eigenvalue weighted by Crippen LogP contribution is -2.35. The number of ether oxygens (including phenoxy) is 2. The van der Waals surface area contributed by atoms with E-state index in [2.05, 4.69) is 12.2 Å². The fourth-order valence-corrected chi connectivity index (χ4v) is 3.15. The Balaban J connectivity index is 2.11. The largest absolute Gasteiger partial charge is 0.493 e. The van der Waals surface area contributed by atoms with Crippen molar-refractivity contribution < 1.29 is 14.6 Å². The summed E-state index contributed by atoms with van der Waals surface area (Å²) in [6.45, 7) is 3.11. The van der Waals surface area contributed by atoms with Gasteiger partial charge in [0.2, 0.25) is 0 Å². The third-order valence-electron chi connectivity index (χ3n) is 4.63. The number of methoxy groups -OCH3 is 2. The van der Waals surface area contributed by atoms with Gasteiger partial charge < -0.3 is 19.9 Å². The van der Waals surface area contributed by atoms with Crippen LogP contribution in [0, 0.1) is 12.3 Å². The summed E-state index contributed by atoms with van der Waals surface area (Å²) in [6, 6.07) is 3.95. The Kier molecular flexibility index (Phi) is 5.34. The zero-order chi connectivity index (χ0) is 15.3. The third kappa shape index (κ3) is 3.62. The van der Waals surface area contributed by atoms with E-state index in [9.17, 15) is 5.11 Å². The number of aliphatic hydroxyl groups excluding tert-OH is 1. The van der Waals surface area contributed by atoms with Crippen LogP contribution in [0.3, 0.4) is 0 Å². The highest BCUT2D eigenvalue weighted by atomic mass is 16.5. The molecule has 0 amide bonds. The number of benzene rings is 1. The maximum absolute atomic E-state index is 9.79. The molecular weight excluding hydrogens is 266 g/mol. The molecule has 1 aliphatic carbocycles. The van der Waals surface area contributed by atoms with E-state index < -0.39 is 0 Å². The second-order valence-corrected chi connectivity index (χ2v) is 6.09. The SMILES string of the molecule is COc1cc(C)c(NCC2(CO)CCCCC2)cc1OC. The standard InChI is InChI=1S/C17H27NO3/c1-13-9-15(20-2)16(21-3)10-14(13)18-11-17(12-19)7-5-4-6-8-17/h9-10,18-19H,4-8,11-12H2,1-3H3. The molecule has 4 heteroatoms. The van der Waals surface area contributed by atoms with Crippen LogP contribution in [-0.4, -0.2) is 32.5 Å². The normalized spacial score (nSPS) is 17.3. The predicted molar refractivity (Wildman–Crippen MR) is 85.4 cm³/mol. The topological polar surface area (TPSA) is 50.7 Å². The summed E-state index contributed by atoms with van der Waals surface area (Å²) in [5.74, 6) is 1.47. The van der Waals surface area contributed by atoms with Crippen molar-refractivity contribution in [3.63, 3.8) is 0 Å². The van der Waals surface area contributed by atoms with Gasteiger partial charge in [0.15, 0.2) is 11.5 Å². The first-order chi connectivity index (χ1) is 10.1. The highest BCUT2D eigenvalue weighted by molar-refractivity contribution is 5.60. The molecule has 0 saturated heterocycles. The predicted octanol–water partition coefficient (Wildman–Crippen LogP) is 3.37. The fourth-order valence-electron chi connectivity index (χ4n) is 3.15. The number of aliphatic hydroxyl groups is 1. The van der Waals surface area contributed by atoms with Crippen LogP contribution >= 0.6 is 0 Å². The Bertz CT molecular complexity index is 467. The van der Waals surface area contributed by atoms with Crippen LogP contribution in [0.15, 0.2) is 12.1 Å². The molecule has 0 aromatic heterocycles. The maximum Gasteiger partial charge on any atom is 0.162 e. The summed E-state index contributed by atoms with van der Waals surface area (Å²) in [4.78, 5) is 0. The first kappa shape index (κ1) is 16.0. The average Bonchev–Trinajstić information content (AvgIpc) is 2.54. The molecule has 2 rings (SSSR count). The van der Waals surface area contributed by atoms with Crippen molar-refractivity contribution in [2.45, 2.75) is 39.0 Å². The average molecular weight is 293 g/mol.